The average molecular weight is 538 g/mol. The minimum atomic E-state index is -1.20. The lowest BCUT2D eigenvalue weighted by molar-refractivity contribution is -0.144. The summed E-state index contributed by atoms with van der Waals surface area (Å²) in [5.74, 6) is -1.56. The summed E-state index contributed by atoms with van der Waals surface area (Å²) >= 11 is 0. The van der Waals surface area contributed by atoms with Gasteiger partial charge in [0.2, 0.25) is 17.7 Å². The van der Waals surface area contributed by atoms with Crippen molar-refractivity contribution in [3.8, 4) is 11.5 Å². The van der Waals surface area contributed by atoms with Gasteiger partial charge in [0.25, 0.3) is 0 Å². The molecule has 39 heavy (non-hydrogen) atoms. The number of nitrogens with one attached hydrogen (secondary N) is 2. The van der Waals surface area contributed by atoms with Crippen molar-refractivity contribution in [3.63, 3.8) is 0 Å². The van der Waals surface area contributed by atoms with E-state index in [1.54, 1.807) is 55.6 Å². The Balaban J connectivity index is 1.46. The number of aliphatic hydroxyl groups excluding tert-OH is 1. The van der Waals surface area contributed by atoms with Gasteiger partial charge in [0.05, 0.1) is 37.8 Å². The van der Waals surface area contributed by atoms with Gasteiger partial charge in [0.15, 0.2) is 0 Å². The molecule has 3 heterocycles. The van der Waals surface area contributed by atoms with E-state index in [-0.39, 0.29) is 30.9 Å². The fourth-order valence-electron chi connectivity index (χ4n) is 6.69. The van der Waals surface area contributed by atoms with E-state index in [1.807, 2.05) is 20.8 Å². The molecular formula is C29H35N3O7. The Hall–Kier alpha value is -3.63. The van der Waals surface area contributed by atoms with Crippen molar-refractivity contribution in [2.45, 2.75) is 44.4 Å². The number of rotatable bonds is 9. The monoisotopic (exact) mass is 537 g/mol. The van der Waals surface area contributed by atoms with Gasteiger partial charge in [0.1, 0.15) is 23.1 Å². The minimum absolute atomic E-state index is 0.0422. The highest BCUT2D eigenvalue weighted by atomic mass is 16.5. The van der Waals surface area contributed by atoms with Gasteiger partial charge in [-0.2, -0.15) is 0 Å². The van der Waals surface area contributed by atoms with Gasteiger partial charge in [-0.25, -0.2) is 0 Å². The molecule has 0 radical (unpaired) electrons. The second-order valence-corrected chi connectivity index (χ2v) is 10.6. The maximum atomic E-state index is 13.9. The standard InChI is InChI=1S/C29H35N3O7/c1-5-38-21-12-8-18(9-13-21)30-25(34)22-23-27(36)32(14-15-33)24(29(23)16-17(2)28(22,3)39-29)26(35)31-19-6-10-20(37-4)11-7-19/h6-13,17,22-24,33H,5,14-16H2,1-4H3,(H,30,34)(H,31,35)/t17?,22-,23+,24?,28+,29?/m1/s1. The van der Waals surface area contributed by atoms with Crippen molar-refractivity contribution in [1.29, 1.82) is 0 Å². The number of anilines is 2. The highest BCUT2D eigenvalue weighted by Gasteiger charge is 2.79. The van der Waals surface area contributed by atoms with Crippen molar-refractivity contribution in [2.75, 3.05) is 37.5 Å². The summed E-state index contributed by atoms with van der Waals surface area (Å²) in [5, 5.41) is 15.6. The molecule has 0 aromatic heterocycles. The van der Waals surface area contributed by atoms with Gasteiger partial charge >= 0.3 is 0 Å². The first-order valence-corrected chi connectivity index (χ1v) is 13.3. The predicted molar refractivity (Wildman–Crippen MR) is 143 cm³/mol. The number of β-amino-alcohol motifs (C(OH)–C–C–N with tert-alkyl or cyclic N) is 1. The second kappa shape index (κ2) is 10.2. The van der Waals surface area contributed by atoms with Crippen molar-refractivity contribution < 1.29 is 33.7 Å². The number of aliphatic hydroxyl groups is 1. The Bertz CT molecular complexity index is 1250. The summed E-state index contributed by atoms with van der Waals surface area (Å²) in [5.41, 5.74) is -1.03. The molecule has 3 saturated heterocycles. The third-order valence-electron chi connectivity index (χ3n) is 8.48. The normalized spacial score (nSPS) is 30.7. The van der Waals surface area contributed by atoms with Gasteiger partial charge in [-0.3, -0.25) is 14.4 Å². The Morgan fingerprint density at radius 2 is 1.64 bits per heavy atom. The van der Waals surface area contributed by atoms with Crippen LogP contribution in [0.1, 0.15) is 27.2 Å². The van der Waals surface area contributed by atoms with Crippen molar-refractivity contribution in [2.24, 2.45) is 17.8 Å². The van der Waals surface area contributed by atoms with E-state index < -0.39 is 35.0 Å². The van der Waals surface area contributed by atoms with Crippen LogP contribution in [0.5, 0.6) is 11.5 Å². The maximum Gasteiger partial charge on any atom is 0.250 e. The number of carbonyl (C=O) groups is 3. The summed E-state index contributed by atoms with van der Waals surface area (Å²) in [6.45, 7) is 5.90. The quantitative estimate of drug-likeness (QED) is 0.449. The van der Waals surface area contributed by atoms with Crippen LogP contribution >= 0.6 is 0 Å². The van der Waals surface area contributed by atoms with Crippen molar-refractivity contribution in [1.82, 2.24) is 4.90 Å². The molecule has 208 valence electrons. The van der Waals surface area contributed by atoms with E-state index in [0.717, 1.165) is 0 Å². The van der Waals surface area contributed by atoms with E-state index in [9.17, 15) is 19.5 Å². The summed E-state index contributed by atoms with van der Waals surface area (Å²) in [6.07, 6.45) is 0.440. The fraction of sp³-hybridized carbons (Fsp3) is 0.483. The molecule has 2 aromatic rings. The molecular weight excluding hydrogens is 502 g/mol. The minimum Gasteiger partial charge on any atom is -0.497 e. The molecule has 3 unspecified atom stereocenters. The molecule has 3 N–H and O–H groups in total. The number of hydrogen-bond acceptors (Lipinski definition) is 7. The Morgan fingerprint density at radius 1 is 1.05 bits per heavy atom. The number of ether oxygens (including phenoxy) is 3. The van der Waals surface area contributed by atoms with Crippen LogP contribution in [-0.4, -0.2) is 71.8 Å². The van der Waals surface area contributed by atoms with Crippen LogP contribution < -0.4 is 20.1 Å². The molecule has 10 nitrogen and oxygen atoms in total. The molecule has 3 amide bonds. The third kappa shape index (κ3) is 4.31. The topological polar surface area (TPSA) is 126 Å². The average Bonchev–Trinajstić information content (AvgIpc) is 3.42. The van der Waals surface area contributed by atoms with Crippen LogP contribution in [0.25, 0.3) is 0 Å². The van der Waals surface area contributed by atoms with Crippen molar-refractivity contribution in [3.05, 3.63) is 48.5 Å². The summed E-state index contributed by atoms with van der Waals surface area (Å²) in [7, 11) is 1.56. The van der Waals surface area contributed by atoms with Crippen LogP contribution in [0.3, 0.4) is 0 Å². The molecule has 10 heteroatoms. The van der Waals surface area contributed by atoms with Crippen LogP contribution in [0.15, 0.2) is 48.5 Å². The number of carbonyl (C=O) groups excluding carboxylic acids is 3. The molecule has 3 fully saturated rings. The van der Waals surface area contributed by atoms with Gasteiger partial charge < -0.3 is 34.9 Å². The van der Waals surface area contributed by atoms with Gasteiger partial charge in [0, 0.05) is 17.9 Å². The van der Waals surface area contributed by atoms with Crippen LogP contribution in [0.4, 0.5) is 11.4 Å². The number of amides is 3. The Labute approximate surface area is 227 Å². The first-order valence-electron chi connectivity index (χ1n) is 13.3. The zero-order valence-corrected chi connectivity index (χ0v) is 22.6. The Morgan fingerprint density at radius 3 is 2.21 bits per heavy atom. The maximum absolute atomic E-state index is 13.9. The number of benzene rings is 2. The molecule has 0 saturated carbocycles. The van der Waals surface area contributed by atoms with E-state index in [1.165, 1.54) is 4.90 Å². The van der Waals surface area contributed by atoms with Crippen molar-refractivity contribution >= 4 is 29.1 Å². The summed E-state index contributed by atoms with van der Waals surface area (Å²) in [6, 6.07) is 12.9. The molecule has 3 aliphatic heterocycles. The summed E-state index contributed by atoms with van der Waals surface area (Å²) in [4.78, 5) is 42.8. The number of fused-ring (bicyclic) bond motifs is 1. The van der Waals surface area contributed by atoms with E-state index in [0.29, 0.717) is 35.9 Å². The number of methoxy groups -OCH3 is 1. The first kappa shape index (κ1) is 27.0. The van der Waals surface area contributed by atoms with Crippen LogP contribution in [0, 0.1) is 17.8 Å². The smallest absolute Gasteiger partial charge is 0.250 e. The van der Waals surface area contributed by atoms with Gasteiger partial charge in [-0.15, -0.1) is 0 Å². The van der Waals surface area contributed by atoms with Gasteiger partial charge in [-0.05, 0) is 74.7 Å². The molecule has 2 bridgehead atoms. The molecule has 5 rings (SSSR count). The number of hydrogen-bond donors (Lipinski definition) is 3. The van der Waals surface area contributed by atoms with E-state index in [2.05, 4.69) is 10.6 Å². The molecule has 3 aliphatic rings. The highest BCUT2D eigenvalue weighted by molar-refractivity contribution is 6.05. The SMILES string of the molecule is CCOc1ccc(NC(=O)[C@H]2[C@H]3C(=O)N(CCO)C(C(=O)Nc4ccc(OC)cc4)C34CC(C)[C@]2(C)O4)cc1. The summed E-state index contributed by atoms with van der Waals surface area (Å²) < 4.78 is 17.3. The number of nitrogens with zero attached hydrogens (tertiary/aromatic N) is 1. The lowest BCUT2D eigenvalue weighted by atomic mass is 9.62. The lowest BCUT2D eigenvalue weighted by Gasteiger charge is -2.36. The predicted octanol–water partition coefficient (Wildman–Crippen LogP) is 2.67. The zero-order valence-electron chi connectivity index (χ0n) is 22.6. The number of likely N-dealkylation sites (tertiary alicyclic amines) is 1. The fourth-order valence-corrected chi connectivity index (χ4v) is 6.69. The third-order valence-corrected chi connectivity index (χ3v) is 8.48. The highest BCUT2D eigenvalue weighted by Crippen LogP contribution is 2.65. The molecule has 0 aliphatic carbocycles. The Kier molecular flexibility index (Phi) is 7.02. The lowest BCUT2D eigenvalue weighted by Crippen LogP contribution is -2.54. The van der Waals surface area contributed by atoms with E-state index in [4.69, 9.17) is 14.2 Å². The zero-order chi connectivity index (χ0) is 27.9. The molecule has 2 aromatic carbocycles. The van der Waals surface area contributed by atoms with E-state index >= 15 is 0 Å². The second-order valence-electron chi connectivity index (χ2n) is 10.6. The van der Waals surface area contributed by atoms with Gasteiger partial charge in [-0.1, -0.05) is 6.92 Å². The molecule has 1 spiro atoms. The largest absolute Gasteiger partial charge is 0.497 e. The molecule has 6 atom stereocenters. The van der Waals surface area contributed by atoms with Crippen LogP contribution in [-0.2, 0) is 19.1 Å². The first-order chi connectivity index (χ1) is 18.7. The van der Waals surface area contributed by atoms with Crippen LogP contribution in [0.2, 0.25) is 0 Å².